The third kappa shape index (κ3) is 2.44. The van der Waals surface area contributed by atoms with E-state index in [0.717, 1.165) is 0 Å². The molecule has 1 aromatic carbocycles. The molecular formula is C13H11BrN2O4. The van der Waals surface area contributed by atoms with E-state index >= 15 is 0 Å². The van der Waals surface area contributed by atoms with Crippen LogP contribution in [0.2, 0.25) is 0 Å². The Hall–Kier alpha value is -2.15. The van der Waals surface area contributed by atoms with Crippen LogP contribution in [0.1, 0.15) is 17.4 Å². The third-order valence-electron chi connectivity index (χ3n) is 2.96. The lowest BCUT2D eigenvalue weighted by Gasteiger charge is -2.10. The summed E-state index contributed by atoms with van der Waals surface area (Å²) in [6.45, 7) is 2.34. The number of hydrogen-bond acceptors (Lipinski definition) is 3. The number of nitro groups is 1. The van der Waals surface area contributed by atoms with Gasteiger partial charge < -0.3 is 9.67 Å². The Morgan fingerprint density at radius 1 is 1.40 bits per heavy atom. The number of aromatic carboxylic acids is 1. The summed E-state index contributed by atoms with van der Waals surface area (Å²) in [5, 5.41) is 19.8. The highest BCUT2D eigenvalue weighted by molar-refractivity contribution is 9.10. The number of benzene rings is 1. The molecule has 0 saturated heterocycles. The van der Waals surface area contributed by atoms with Crippen molar-refractivity contribution in [2.24, 2.45) is 0 Å². The SMILES string of the molecule is CCn1c(C(=O)O)ccc1-c1ccc([N+](=O)[O-])cc1Br. The van der Waals surface area contributed by atoms with Gasteiger partial charge in [0.1, 0.15) is 5.69 Å². The zero-order valence-electron chi connectivity index (χ0n) is 10.5. The highest BCUT2D eigenvalue weighted by Crippen LogP contribution is 2.32. The number of nitro benzene ring substituents is 1. The standard InChI is InChI=1S/C13H11BrN2O4/c1-2-15-11(5-6-12(15)13(17)18)9-4-3-8(16(19)20)7-10(9)14/h3-7H,2H2,1H3,(H,17,18). The molecule has 6 nitrogen and oxygen atoms in total. The first-order chi connectivity index (χ1) is 9.45. The molecule has 20 heavy (non-hydrogen) atoms. The van der Waals surface area contributed by atoms with Gasteiger partial charge in [0, 0.05) is 34.4 Å². The van der Waals surface area contributed by atoms with Gasteiger partial charge in [-0.25, -0.2) is 4.79 Å². The summed E-state index contributed by atoms with van der Waals surface area (Å²) in [6, 6.07) is 7.62. The summed E-state index contributed by atoms with van der Waals surface area (Å²) < 4.78 is 2.20. The van der Waals surface area contributed by atoms with Crippen LogP contribution >= 0.6 is 15.9 Å². The van der Waals surface area contributed by atoms with Crippen molar-refractivity contribution in [1.82, 2.24) is 4.57 Å². The van der Waals surface area contributed by atoms with E-state index in [1.165, 1.54) is 18.2 Å². The summed E-state index contributed by atoms with van der Waals surface area (Å²) in [6.07, 6.45) is 0. The molecule has 0 amide bonds. The van der Waals surface area contributed by atoms with E-state index in [0.29, 0.717) is 22.3 Å². The van der Waals surface area contributed by atoms with E-state index in [-0.39, 0.29) is 11.4 Å². The fraction of sp³-hybridized carbons (Fsp3) is 0.154. The van der Waals surface area contributed by atoms with Gasteiger partial charge in [0.2, 0.25) is 0 Å². The lowest BCUT2D eigenvalue weighted by Crippen LogP contribution is -2.08. The van der Waals surface area contributed by atoms with Gasteiger partial charge in [-0.05, 0) is 41.1 Å². The monoisotopic (exact) mass is 338 g/mol. The van der Waals surface area contributed by atoms with Crippen LogP contribution in [-0.2, 0) is 6.54 Å². The Kier molecular flexibility index (Phi) is 3.89. The molecule has 2 aromatic rings. The van der Waals surface area contributed by atoms with Crippen molar-refractivity contribution in [2.75, 3.05) is 0 Å². The van der Waals surface area contributed by atoms with Crippen molar-refractivity contribution in [3.63, 3.8) is 0 Å². The molecule has 0 spiro atoms. The number of rotatable bonds is 4. The van der Waals surface area contributed by atoms with Gasteiger partial charge >= 0.3 is 5.97 Å². The van der Waals surface area contributed by atoms with Crippen molar-refractivity contribution < 1.29 is 14.8 Å². The maximum absolute atomic E-state index is 11.1. The second-order valence-electron chi connectivity index (χ2n) is 4.07. The van der Waals surface area contributed by atoms with Crippen LogP contribution < -0.4 is 0 Å². The molecule has 0 bridgehead atoms. The fourth-order valence-corrected chi connectivity index (χ4v) is 2.63. The molecule has 0 aliphatic carbocycles. The lowest BCUT2D eigenvalue weighted by atomic mass is 10.1. The fourth-order valence-electron chi connectivity index (χ4n) is 2.06. The number of hydrogen-bond donors (Lipinski definition) is 1. The molecule has 7 heteroatoms. The van der Waals surface area contributed by atoms with Crippen LogP contribution in [0.5, 0.6) is 0 Å². The number of halogens is 1. The van der Waals surface area contributed by atoms with Crippen LogP contribution in [0.15, 0.2) is 34.8 Å². The van der Waals surface area contributed by atoms with Crippen molar-refractivity contribution in [2.45, 2.75) is 13.5 Å². The summed E-state index contributed by atoms with van der Waals surface area (Å²) in [5.74, 6) is -1.00. The predicted octanol–water partition coefficient (Wildman–Crippen LogP) is 3.54. The van der Waals surface area contributed by atoms with E-state index in [9.17, 15) is 14.9 Å². The Morgan fingerprint density at radius 2 is 2.10 bits per heavy atom. The Bertz CT molecular complexity index is 694. The molecule has 1 heterocycles. The molecule has 104 valence electrons. The maximum atomic E-state index is 11.1. The van der Waals surface area contributed by atoms with E-state index in [1.807, 2.05) is 6.92 Å². The number of nitrogens with zero attached hydrogens (tertiary/aromatic N) is 2. The Labute approximate surface area is 122 Å². The predicted molar refractivity (Wildman–Crippen MR) is 76.9 cm³/mol. The van der Waals surface area contributed by atoms with Gasteiger partial charge in [-0.3, -0.25) is 10.1 Å². The smallest absolute Gasteiger partial charge is 0.352 e. The van der Waals surface area contributed by atoms with E-state index in [4.69, 9.17) is 5.11 Å². The molecule has 1 aromatic heterocycles. The first-order valence-electron chi connectivity index (χ1n) is 5.82. The van der Waals surface area contributed by atoms with E-state index in [2.05, 4.69) is 15.9 Å². The molecular weight excluding hydrogens is 328 g/mol. The summed E-state index contributed by atoms with van der Waals surface area (Å²) in [5.41, 5.74) is 1.58. The van der Waals surface area contributed by atoms with Crippen molar-refractivity contribution in [3.05, 3.63) is 50.6 Å². The highest BCUT2D eigenvalue weighted by Gasteiger charge is 2.17. The van der Waals surface area contributed by atoms with Gasteiger partial charge in [-0.2, -0.15) is 0 Å². The molecule has 0 saturated carbocycles. The highest BCUT2D eigenvalue weighted by atomic mass is 79.9. The quantitative estimate of drug-likeness (QED) is 0.682. The van der Waals surface area contributed by atoms with E-state index in [1.54, 1.807) is 16.7 Å². The minimum atomic E-state index is -1.00. The average molecular weight is 339 g/mol. The number of carbonyl (C=O) groups is 1. The van der Waals surface area contributed by atoms with Crippen molar-refractivity contribution >= 4 is 27.6 Å². The molecule has 0 aliphatic rings. The zero-order chi connectivity index (χ0) is 14.9. The van der Waals surface area contributed by atoms with Crippen molar-refractivity contribution in [1.29, 1.82) is 0 Å². The van der Waals surface area contributed by atoms with Gasteiger partial charge in [0.05, 0.1) is 4.92 Å². The third-order valence-corrected chi connectivity index (χ3v) is 3.61. The minimum Gasteiger partial charge on any atom is -0.477 e. The first-order valence-corrected chi connectivity index (χ1v) is 6.62. The largest absolute Gasteiger partial charge is 0.477 e. The number of carboxylic acids is 1. The molecule has 2 rings (SSSR count). The van der Waals surface area contributed by atoms with Gasteiger partial charge in [-0.1, -0.05) is 0 Å². The molecule has 0 unspecified atom stereocenters. The van der Waals surface area contributed by atoms with Gasteiger partial charge in [0.15, 0.2) is 0 Å². The second-order valence-corrected chi connectivity index (χ2v) is 4.93. The summed E-state index contributed by atoms with van der Waals surface area (Å²) in [4.78, 5) is 21.4. The van der Waals surface area contributed by atoms with Crippen LogP contribution in [0.25, 0.3) is 11.3 Å². The van der Waals surface area contributed by atoms with Crippen LogP contribution in [0.3, 0.4) is 0 Å². The normalized spacial score (nSPS) is 10.5. The number of aromatic nitrogens is 1. The van der Waals surface area contributed by atoms with Crippen LogP contribution in [-0.4, -0.2) is 20.6 Å². The Morgan fingerprint density at radius 3 is 2.60 bits per heavy atom. The topological polar surface area (TPSA) is 85.4 Å². The maximum Gasteiger partial charge on any atom is 0.352 e. The van der Waals surface area contributed by atoms with Gasteiger partial charge in [-0.15, -0.1) is 0 Å². The number of non-ortho nitro benzene ring substituents is 1. The molecule has 1 N–H and O–H groups in total. The molecule has 0 atom stereocenters. The zero-order valence-corrected chi connectivity index (χ0v) is 12.1. The van der Waals surface area contributed by atoms with Crippen LogP contribution in [0, 0.1) is 10.1 Å². The lowest BCUT2D eigenvalue weighted by molar-refractivity contribution is -0.384. The van der Waals surface area contributed by atoms with Crippen LogP contribution in [0.4, 0.5) is 5.69 Å². The number of carboxylic acid groups (broad SMARTS) is 1. The molecule has 0 radical (unpaired) electrons. The Balaban J connectivity index is 2.57. The first kappa shape index (κ1) is 14.3. The van der Waals surface area contributed by atoms with E-state index < -0.39 is 10.9 Å². The minimum absolute atomic E-state index is 0.0197. The summed E-state index contributed by atoms with van der Waals surface area (Å²) >= 11 is 3.30. The van der Waals surface area contributed by atoms with Gasteiger partial charge in [0.25, 0.3) is 5.69 Å². The second kappa shape index (κ2) is 5.46. The summed E-state index contributed by atoms with van der Waals surface area (Å²) in [7, 11) is 0. The van der Waals surface area contributed by atoms with Crippen molar-refractivity contribution in [3.8, 4) is 11.3 Å². The molecule has 0 fully saturated rings. The average Bonchev–Trinajstić information content (AvgIpc) is 2.82. The molecule has 0 aliphatic heterocycles.